The van der Waals surface area contributed by atoms with E-state index < -0.39 is 0 Å². The Bertz CT molecular complexity index is 640. The van der Waals surface area contributed by atoms with Crippen molar-refractivity contribution in [1.82, 2.24) is 10.6 Å². The molecule has 0 aliphatic carbocycles. The number of fused-ring (bicyclic) bond motifs is 1. The first-order chi connectivity index (χ1) is 10.7. The van der Waals surface area contributed by atoms with Crippen LogP contribution in [0, 0.1) is 0 Å². The Kier molecular flexibility index (Phi) is 4.18. The van der Waals surface area contributed by atoms with Gasteiger partial charge in [0, 0.05) is 19.0 Å². The van der Waals surface area contributed by atoms with Crippen molar-refractivity contribution in [2.24, 2.45) is 0 Å². The molecule has 0 saturated carbocycles. The van der Waals surface area contributed by atoms with Crippen LogP contribution in [0.5, 0.6) is 11.5 Å². The Balaban J connectivity index is 1.46. The summed E-state index contributed by atoms with van der Waals surface area (Å²) in [4.78, 5) is 11.9. The molecule has 22 heavy (non-hydrogen) atoms. The Morgan fingerprint density at radius 2 is 2.14 bits per heavy atom. The van der Waals surface area contributed by atoms with Crippen molar-refractivity contribution >= 4 is 6.03 Å². The molecular formula is C16H18N2O4. The van der Waals surface area contributed by atoms with Gasteiger partial charge in [0.15, 0.2) is 11.5 Å². The third-order valence-corrected chi connectivity index (χ3v) is 3.36. The highest BCUT2D eigenvalue weighted by Gasteiger charge is 2.14. The molecule has 116 valence electrons. The molecule has 0 bridgehead atoms. The van der Waals surface area contributed by atoms with Crippen molar-refractivity contribution in [3.05, 3.63) is 47.9 Å². The van der Waals surface area contributed by atoms with Crippen molar-refractivity contribution in [3.8, 4) is 11.5 Å². The van der Waals surface area contributed by atoms with E-state index >= 15 is 0 Å². The van der Waals surface area contributed by atoms with E-state index in [4.69, 9.17) is 13.9 Å². The topological polar surface area (TPSA) is 72.7 Å². The molecule has 3 rings (SSSR count). The van der Waals surface area contributed by atoms with Crippen molar-refractivity contribution < 1.29 is 18.7 Å². The summed E-state index contributed by atoms with van der Waals surface area (Å²) >= 11 is 0. The summed E-state index contributed by atoms with van der Waals surface area (Å²) in [5.41, 5.74) is 0.957. The fraction of sp³-hybridized carbons (Fsp3) is 0.312. The molecule has 1 aliphatic rings. The van der Waals surface area contributed by atoms with Gasteiger partial charge in [0.25, 0.3) is 0 Å². The second kappa shape index (κ2) is 6.43. The van der Waals surface area contributed by atoms with Crippen LogP contribution >= 0.6 is 0 Å². The SMILES string of the molecule is C[C@H](Cc1ccco1)NC(=O)NCc1ccc2c(c1)OCO2. The second-order valence-corrected chi connectivity index (χ2v) is 5.20. The third kappa shape index (κ3) is 3.52. The van der Waals surface area contributed by atoms with Crippen LogP contribution in [-0.4, -0.2) is 18.9 Å². The van der Waals surface area contributed by atoms with Crippen LogP contribution in [0.15, 0.2) is 41.0 Å². The maximum Gasteiger partial charge on any atom is 0.315 e. The lowest BCUT2D eigenvalue weighted by Crippen LogP contribution is -2.41. The fourth-order valence-corrected chi connectivity index (χ4v) is 2.29. The number of furan rings is 1. The minimum absolute atomic E-state index is 0.0112. The average molecular weight is 302 g/mol. The van der Waals surface area contributed by atoms with Crippen molar-refractivity contribution in [2.45, 2.75) is 25.9 Å². The first kappa shape index (κ1) is 14.3. The van der Waals surface area contributed by atoms with E-state index in [1.165, 1.54) is 0 Å². The van der Waals surface area contributed by atoms with E-state index in [0.717, 1.165) is 17.1 Å². The number of benzene rings is 1. The molecule has 6 heteroatoms. The van der Waals surface area contributed by atoms with Crippen LogP contribution in [0.4, 0.5) is 4.79 Å². The second-order valence-electron chi connectivity index (χ2n) is 5.20. The molecular weight excluding hydrogens is 284 g/mol. The van der Waals surface area contributed by atoms with Crippen LogP contribution in [0.3, 0.4) is 0 Å². The molecule has 0 spiro atoms. The van der Waals surface area contributed by atoms with E-state index in [2.05, 4.69) is 10.6 Å². The molecule has 0 saturated heterocycles. The monoisotopic (exact) mass is 302 g/mol. The number of hydrogen-bond donors (Lipinski definition) is 2. The molecule has 0 radical (unpaired) electrons. The first-order valence-corrected chi connectivity index (χ1v) is 7.16. The van der Waals surface area contributed by atoms with Gasteiger partial charge >= 0.3 is 6.03 Å². The largest absolute Gasteiger partial charge is 0.469 e. The molecule has 2 aromatic rings. The van der Waals surface area contributed by atoms with Crippen LogP contribution in [0.2, 0.25) is 0 Å². The Morgan fingerprint density at radius 3 is 2.95 bits per heavy atom. The van der Waals surface area contributed by atoms with E-state index in [1.807, 2.05) is 37.3 Å². The summed E-state index contributed by atoms with van der Waals surface area (Å²) in [7, 11) is 0. The van der Waals surface area contributed by atoms with Gasteiger partial charge in [-0.1, -0.05) is 6.07 Å². The van der Waals surface area contributed by atoms with E-state index in [-0.39, 0.29) is 18.9 Å². The molecule has 6 nitrogen and oxygen atoms in total. The van der Waals surface area contributed by atoms with Crippen LogP contribution in [-0.2, 0) is 13.0 Å². The third-order valence-electron chi connectivity index (χ3n) is 3.36. The van der Waals surface area contributed by atoms with Gasteiger partial charge in [0.1, 0.15) is 5.76 Å². The van der Waals surface area contributed by atoms with Crippen LogP contribution in [0.25, 0.3) is 0 Å². The van der Waals surface area contributed by atoms with Gasteiger partial charge in [0.2, 0.25) is 6.79 Å². The predicted molar refractivity (Wildman–Crippen MR) is 79.8 cm³/mol. The van der Waals surface area contributed by atoms with E-state index in [1.54, 1.807) is 6.26 Å². The molecule has 0 unspecified atom stereocenters. The van der Waals surface area contributed by atoms with Gasteiger partial charge in [-0.3, -0.25) is 0 Å². The van der Waals surface area contributed by atoms with Crippen LogP contribution < -0.4 is 20.1 Å². The molecule has 1 aliphatic heterocycles. The number of ether oxygens (including phenoxy) is 2. The predicted octanol–water partition coefficient (Wildman–Crippen LogP) is 2.44. The van der Waals surface area contributed by atoms with Crippen molar-refractivity contribution in [3.63, 3.8) is 0 Å². The summed E-state index contributed by atoms with van der Waals surface area (Å²) in [6.07, 6.45) is 2.28. The number of urea groups is 1. The zero-order valence-electron chi connectivity index (χ0n) is 12.3. The number of rotatable bonds is 5. The lowest BCUT2D eigenvalue weighted by molar-refractivity contribution is 0.174. The maximum atomic E-state index is 11.9. The maximum absolute atomic E-state index is 11.9. The number of nitrogens with one attached hydrogen (secondary N) is 2. The van der Waals surface area contributed by atoms with Gasteiger partial charge < -0.3 is 24.5 Å². The highest BCUT2D eigenvalue weighted by molar-refractivity contribution is 5.74. The quantitative estimate of drug-likeness (QED) is 0.890. The molecule has 2 heterocycles. The minimum atomic E-state index is -0.211. The lowest BCUT2D eigenvalue weighted by Gasteiger charge is -2.13. The van der Waals surface area contributed by atoms with Crippen molar-refractivity contribution in [1.29, 1.82) is 0 Å². The number of carbonyl (C=O) groups excluding carboxylic acids is 1. The first-order valence-electron chi connectivity index (χ1n) is 7.16. The molecule has 1 aromatic heterocycles. The summed E-state index contributed by atoms with van der Waals surface area (Å²) in [5, 5.41) is 5.70. The zero-order valence-corrected chi connectivity index (χ0v) is 12.3. The van der Waals surface area contributed by atoms with Gasteiger partial charge in [-0.05, 0) is 36.8 Å². The fourth-order valence-electron chi connectivity index (χ4n) is 2.29. The van der Waals surface area contributed by atoms with Crippen molar-refractivity contribution in [2.75, 3.05) is 6.79 Å². The smallest absolute Gasteiger partial charge is 0.315 e. The molecule has 2 amide bonds. The standard InChI is InChI=1S/C16H18N2O4/c1-11(7-13-3-2-6-20-13)18-16(19)17-9-12-4-5-14-15(8-12)22-10-21-14/h2-6,8,11H,7,9-10H2,1H3,(H2,17,18,19)/t11-/m1/s1. The highest BCUT2D eigenvalue weighted by Crippen LogP contribution is 2.32. The summed E-state index contributed by atoms with van der Waals surface area (Å²) in [6, 6.07) is 9.12. The van der Waals surface area contributed by atoms with Gasteiger partial charge in [-0.25, -0.2) is 4.79 Å². The Morgan fingerprint density at radius 1 is 1.27 bits per heavy atom. The van der Waals surface area contributed by atoms with Gasteiger partial charge in [0.05, 0.1) is 6.26 Å². The van der Waals surface area contributed by atoms with Gasteiger partial charge in [-0.15, -0.1) is 0 Å². The average Bonchev–Trinajstić information content (AvgIpc) is 3.15. The minimum Gasteiger partial charge on any atom is -0.469 e. The molecule has 0 fully saturated rings. The molecule has 1 atom stereocenters. The number of hydrogen-bond acceptors (Lipinski definition) is 4. The number of amides is 2. The lowest BCUT2D eigenvalue weighted by atomic mass is 10.2. The van der Waals surface area contributed by atoms with E-state index in [9.17, 15) is 4.79 Å². The normalized spacial score (nSPS) is 13.7. The summed E-state index contributed by atoms with van der Waals surface area (Å²) in [6.45, 7) is 2.61. The molecule has 2 N–H and O–H groups in total. The summed E-state index contributed by atoms with van der Waals surface area (Å²) < 4.78 is 15.8. The van der Waals surface area contributed by atoms with Gasteiger partial charge in [-0.2, -0.15) is 0 Å². The molecule has 1 aromatic carbocycles. The zero-order chi connectivity index (χ0) is 15.4. The Labute approximate surface area is 128 Å². The van der Waals surface area contributed by atoms with Crippen LogP contribution in [0.1, 0.15) is 18.2 Å². The van der Waals surface area contributed by atoms with E-state index in [0.29, 0.717) is 18.7 Å². The highest BCUT2D eigenvalue weighted by atomic mass is 16.7. The number of carbonyl (C=O) groups is 1. The summed E-state index contributed by atoms with van der Waals surface area (Å²) in [5.74, 6) is 2.30. The Hall–Kier alpha value is -2.63.